The summed E-state index contributed by atoms with van der Waals surface area (Å²) in [4.78, 5) is 56.4. The van der Waals surface area contributed by atoms with Crippen LogP contribution in [-0.2, 0) is 40.4 Å². The highest BCUT2D eigenvalue weighted by molar-refractivity contribution is 6.32. The topological polar surface area (TPSA) is 162 Å². The third-order valence-corrected chi connectivity index (χ3v) is 15.3. The summed E-state index contributed by atoms with van der Waals surface area (Å²) < 4.78 is 10.8. The fourth-order valence-electron chi connectivity index (χ4n) is 11.0. The first-order valence-electron chi connectivity index (χ1n) is 26.1. The molecular formula is C57H70Cl2N10O5. The number of alkyl carbamates (subject to hydrolysis) is 2. The number of piperazine rings is 2. The van der Waals surface area contributed by atoms with Gasteiger partial charge in [-0.3, -0.25) is 35.0 Å². The van der Waals surface area contributed by atoms with E-state index in [2.05, 4.69) is 99.4 Å². The molecule has 4 aliphatic rings. The van der Waals surface area contributed by atoms with Crippen LogP contribution >= 0.6 is 23.2 Å². The minimum atomic E-state index is -0.608. The predicted octanol–water partition coefficient (Wildman–Crippen LogP) is 9.13. The van der Waals surface area contributed by atoms with E-state index in [9.17, 15) is 9.59 Å². The van der Waals surface area contributed by atoms with Gasteiger partial charge < -0.3 is 30.1 Å². The molecule has 15 nitrogen and oxygen atoms in total. The van der Waals surface area contributed by atoms with Crippen molar-refractivity contribution in [2.75, 3.05) is 78.5 Å². The van der Waals surface area contributed by atoms with Crippen molar-refractivity contribution >= 4 is 63.0 Å². The molecule has 74 heavy (non-hydrogen) atoms. The zero-order valence-corrected chi connectivity index (χ0v) is 45.0. The number of benzene rings is 4. The molecule has 6 N–H and O–H groups in total. The van der Waals surface area contributed by atoms with E-state index < -0.39 is 23.3 Å². The summed E-state index contributed by atoms with van der Waals surface area (Å²) in [7, 11) is 0. The minimum absolute atomic E-state index is 0.0186. The Morgan fingerprint density at radius 3 is 1.34 bits per heavy atom. The zero-order chi connectivity index (χ0) is 51.9. The number of Topliss-reactive ketones (excluding diaryl/α,β-unsaturated/α-hetero) is 1. The molecule has 2 unspecified atom stereocenters. The van der Waals surface area contributed by atoms with Crippen molar-refractivity contribution in [2.45, 2.75) is 91.0 Å². The van der Waals surface area contributed by atoms with Gasteiger partial charge >= 0.3 is 12.2 Å². The molecule has 0 bridgehead atoms. The molecule has 6 aromatic rings. The molecule has 17 heteroatoms. The van der Waals surface area contributed by atoms with Crippen LogP contribution in [0.15, 0.2) is 72.8 Å². The van der Waals surface area contributed by atoms with Gasteiger partial charge in [-0.1, -0.05) is 47.5 Å². The Kier molecular flexibility index (Phi) is 15.2. The molecule has 2 aromatic heterocycles. The van der Waals surface area contributed by atoms with Crippen molar-refractivity contribution in [3.8, 4) is 22.5 Å². The van der Waals surface area contributed by atoms with Crippen molar-refractivity contribution in [2.24, 2.45) is 0 Å². The van der Waals surface area contributed by atoms with Gasteiger partial charge in [-0.15, -0.1) is 0 Å². The molecule has 2 fully saturated rings. The largest absolute Gasteiger partial charge is 0.444 e. The van der Waals surface area contributed by atoms with Gasteiger partial charge in [-0.2, -0.15) is 0 Å². The number of hydrogen-bond donors (Lipinski definition) is 6. The first-order chi connectivity index (χ1) is 35.4. The lowest BCUT2D eigenvalue weighted by Gasteiger charge is -2.34. The maximum Gasteiger partial charge on any atom is 0.407 e. The molecule has 2 atom stereocenters. The highest BCUT2D eigenvalue weighted by Crippen LogP contribution is 2.45. The number of nitrogens with one attached hydrogen (secondary N) is 6. The number of fused-ring (bicyclic) bond motifs is 4. The number of amides is 2. The second kappa shape index (κ2) is 21.6. The van der Waals surface area contributed by atoms with Gasteiger partial charge in [0.25, 0.3) is 0 Å². The third-order valence-electron chi connectivity index (χ3n) is 14.6. The van der Waals surface area contributed by atoms with Crippen LogP contribution < -0.4 is 21.3 Å². The zero-order valence-electron chi connectivity index (χ0n) is 43.5. The molecule has 0 spiro atoms. The number of ether oxygens (including phenoxy) is 2. The minimum Gasteiger partial charge on any atom is -0.444 e. The molecule has 0 saturated carbocycles. The van der Waals surface area contributed by atoms with Crippen molar-refractivity contribution in [1.82, 2.24) is 50.8 Å². The number of nitrogens with zero attached hydrogens (tertiary/aromatic N) is 4. The Morgan fingerprint density at radius 1 is 0.554 bits per heavy atom. The number of ketones is 1. The highest BCUT2D eigenvalue weighted by Gasteiger charge is 2.41. The van der Waals surface area contributed by atoms with E-state index in [1.54, 1.807) is 0 Å². The standard InChI is InChI=1S/C57H70Cl2N10O5/c1-56(2,3)73-54(71)60-15-17-66-19-23-68(24-20-66)33-35-7-13-45-37(27-35)29-47(64-45)39-9-11-43(58)41-31-62-51(49(39)41)53(70)52-50-40(10-12-44(59)42(50)32-63-52)48-30-38-28-36(8-14-46(38)65-48)34-69-25-21-67(22-26-69)18-16-61-55(72)74-57(4,5)6/h7-14,27-30,51-52,62-65H,15-26,31-34H2,1-6H3,(H,60,71)(H,61,72). The quantitative estimate of drug-likeness (QED) is 0.0617. The summed E-state index contributed by atoms with van der Waals surface area (Å²) in [6.07, 6.45) is -0.753. The van der Waals surface area contributed by atoms with Crippen LogP contribution in [-0.4, -0.2) is 137 Å². The lowest BCUT2D eigenvalue weighted by atomic mass is 9.87. The lowest BCUT2D eigenvalue weighted by Crippen LogP contribution is -2.48. The number of hydrogen-bond acceptors (Lipinski definition) is 11. The molecule has 392 valence electrons. The molecule has 0 aliphatic carbocycles. The monoisotopic (exact) mass is 1040 g/mol. The predicted molar refractivity (Wildman–Crippen MR) is 294 cm³/mol. The van der Waals surface area contributed by atoms with Crippen molar-refractivity contribution in [3.05, 3.63) is 116 Å². The first kappa shape index (κ1) is 52.0. The van der Waals surface area contributed by atoms with E-state index in [1.807, 2.05) is 65.8 Å². The van der Waals surface area contributed by atoms with Gasteiger partial charge in [0.1, 0.15) is 11.2 Å². The van der Waals surface area contributed by atoms with E-state index >= 15 is 4.79 Å². The summed E-state index contributed by atoms with van der Waals surface area (Å²) >= 11 is 13.9. The van der Waals surface area contributed by atoms with E-state index in [1.165, 1.54) is 11.1 Å². The molecule has 2 saturated heterocycles. The van der Waals surface area contributed by atoms with E-state index in [-0.39, 0.29) is 18.0 Å². The van der Waals surface area contributed by atoms with Crippen LogP contribution in [0.2, 0.25) is 10.0 Å². The normalized spacial score (nSPS) is 19.0. The molecule has 4 aliphatic heterocycles. The molecule has 4 aromatic carbocycles. The number of carbonyl (C=O) groups is 3. The average Bonchev–Trinajstić information content (AvgIpc) is 4.17. The second-order valence-electron chi connectivity index (χ2n) is 22.3. The van der Waals surface area contributed by atoms with Gasteiger partial charge in [0.2, 0.25) is 0 Å². The lowest BCUT2D eigenvalue weighted by molar-refractivity contribution is -0.123. The summed E-state index contributed by atoms with van der Waals surface area (Å²) in [5.74, 6) is 0.0186. The molecule has 6 heterocycles. The van der Waals surface area contributed by atoms with Crippen molar-refractivity contribution < 1.29 is 23.9 Å². The number of aromatic nitrogens is 2. The van der Waals surface area contributed by atoms with Crippen LogP contribution in [0.25, 0.3) is 44.3 Å². The Balaban J connectivity index is 0.801. The molecular weight excluding hydrogens is 976 g/mol. The highest BCUT2D eigenvalue weighted by atomic mass is 35.5. The Hall–Kier alpha value is -5.49. The van der Waals surface area contributed by atoms with E-state index in [4.69, 9.17) is 32.7 Å². The average molecular weight is 1050 g/mol. The fraction of sp³-hybridized carbons (Fsp3) is 0.456. The maximum absolute atomic E-state index is 15.2. The summed E-state index contributed by atoms with van der Waals surface area (Å²) in [6.45, 7) is 24.1. The van der Waals surface area contributed by atoms with Crippen LogP contribution in [0.4, 0.5) is 9.59 Å². The molecule has 0 radical (unpaired) electrons. The number of aromatic amines is 2. The number of carbonyl (C=O) groups excluding carboxylic acids is 3. The first-order valence-corrected chi connectivity index (χ1v) is 26.9. The number of H-pyrrole nitrogens is 2. The fourth-order valence-corrected chi connectivity index (χ4v) is 11.5. The van der Waals surface area contributed by atoms with Crippen LogP contribution in [0.1, 0.15) is 87.0 Å². The van der Waals surface area contributed by atoms with E-state index in [0.717, 1.165) is 145 Å². The summed E-state index contributed by atoms with van der Waals surface area (Å²) in [6, 6.07) is 24.3. The maximum atomic E-state index is 15.2. The van der Waals surface area contributed by atoms with Gasteiger partial charge in [0.15, 0.2) is 5.78 Å². The van der Waals surface area contributed by atoms with Crippen LogP contribution in [0.5, 0.6) is 0 Å². The smallest absolute Gasteiger partial charge is 0.407 e. The van der Waals surface area contributed by atoms with Crippen LogP contribution in [0, 0.1) is 0 Å². The van der Waals surface area contributed by atoms with Gasteiger partial charge in [-0.25, -0.2) is 9.59 Å². The van der Waals surface area contributed by atoms with Gasteiger partial charge in [-0.05, 0) is 123 Å². The Labute approximate surface area is 444 Å². The summed E-state index contributed by atoms with van der Waals surface area (Å²) in [5.41, 5.74) is 11.0. The number of halogens is 2. The van der Waals surface area contributed by atoms with Gasteiger partial charge in [0.05, 0.1) is 12.1 Å². The third kappa shape index (κ3) is 12.0. The van der Waals surface area contributed by atoms with Gasteiger partial charge in [0, 0.05) is 159 Å². The number of rotatable bonds is 14. The summed E-state index contributed by atoms with van der Waals surface area (Å²) in [5, 5.41) is 16.4. The second-order valence-corrected chi connectivity index (χ2v) is 23.1. The van der Waals surface area contributed by atoms with Crippen LogP contribution in [0.3, 0.4) is 0 Å². The SMILES string of the molecule is CC(C)(C)OC(=O)NCCN1CCN(Cc2ccc3[nH]c(-c4ccc(Cl)c5c4C(C(=O)C4NCc6c(Cl)ccc(-c7cc8cc(CN9CCN(CCNC(=O)OC(C)(C)C)CC9)ccc8[nH]7)c64)NC5)cc3c2)CC1. The Morgan fingerprint density at radius 2 is 0.946 bits per heavy atom. The van der Waals surface area contributed by atoms with Crippen molar-refractivity contribution in [3.63, 3.8) is 0 Å². The Bertz CT molecular complexity index is 2850. The van der Waals surface area contributed by atoms with E-state index in [0.29, 0.717) is 36.2 Å². The molecule has 2 amide bonds. The molecule has 10 rings (SSSR count). The van der Waals surface area contributed by atoms with Crippen molar-refractivity contribution in [1.29, 1.82) is 0 Å².